The van der Waals surface area contributed by atoms with Crippen LogP contribution in [0.3, 0.4) is 0 Å². The average Bonchev–Trinajstić information content (AvgIpc) is 2.46. The highest BCUT2D eigenvalue weighted by Gasteiger charge is 2.11. The molecule has 2 rings (SSSR count). The van der Waals surface area contributed by atoms with Crippen LogP contribution in [0.25, 0.3) is 0 Å². The van der Waals surface area contributed by atoms with E-state index < -0.39 is 5.97 Å². The summed E-state index contributed by atoms with van der Waals surface area (Å²) in [6, 6.07) is 5.05. The third kappa shape index (κ3) is 3.48. The van der Waals surface area contributed by atoms with Gasteiger partial charge in [-0.15, -0.1) is 0 Å². The van der Waals surface area contributed by atoms with Crippen molar-refractivity contribution in [1.29, 1.82) is 0 Å². The maximum Gasteiger partial charge on any atom is 0.339 e. The molecule has 0 fully saturated rings. The minimum Gasteiger partial charge on any atom is -0.496 e. The van der Waals surface area contributed by atoms with E-state index in [0.717, 1.165) is 11.1 Å². The number of hydrogen-bond donors (Lipinski definition) is 1. The number of carboxylic acid groups (broad SMARTS) is 1. The van der Waals surface area contributed by atoms with Crippen molar-refractivity contribution in [3.8, 4) is 5.75 Å². The normalized spacial score (nSPS) is 10.3. The number of methoxy groups -OCH3 is 1. The number of aromatic carboxylic acids is 1. The van der Waals surface area contributed by atoms with Crippen LogP contribution >= 0.6 is 11.8 Å². The summed E-state index contributed by atoms with van der Waals surface area (Å²) in [7, 11) is 1.46. The van der Waals surface area contributed by atoms with Crippen molar-refractivity contribution in [2.75, 3.05) is 7.11 Å². The van der Waals surface area contributed by atoms with Crippen molar-refractivity contribution in [3.05, 3.63) is 47.3 Å². The molecule has 0 amide bonds. The van der Waals surface area contributed by atoms with Crippen molar-refractivity contribution in [3.63, 3.8) is 0 Å². The molecule has 0 radical (unpaired) electrons. The predicted molar refractivity (Wildman–Crippen MR) is 76.3 cm³/mol. The Balaban J connectivity index is 2.10. The average molecular weight is 290 g/mol. The molecule has 0 saturated heterocycles. The molecule has 20 heavy (non-hydrogen) atoms. The SMILES string of the molecule is COc1cc(CSc2ncc(C)cn2)ccc1C(=O)O. The third-order valence-corrected chi connectivity index (χ3v) is 3.57. The largest absolute Gasteiger partial charge is 0.496 e. The van der Waals surface area contributed by atoms with Gasteiger partial charge >= 0.3 is 5.97 Å². The summed E-state index contributed by atoms with van der Waals surface area (Å²) in [6.45, 7) is 1.93. The molecule has 1 aromatic carbocycles. The number of nitrogens with zero attached hydrogens (tertiary/aromatic N) is 2. The quantitative estimate of drug-likeness (QED) is 0.674. The fourth-order valence-electron chi connectivity index (χ4n) is 1.61. The topological polar surface area (TPSA) is 72.3 Å². The molecule has 0 atom stereocenters. The van der Waals surface area contributed by atoms with E-state index in [4.69, 9.17) is 9.84 Å². The summed E-state index contributed by atoms with van der Waals surface area (Å²) < 4.78 is 5.09. The molecule has 0 bridgehead atoms. The number of hydrogen-bond acceptors (Lipinski definition) is 5. The first-order valence-corrected chi connectivity index (χ1v) is 6.90. The predicted octanol–water partition coefficient (Wildman–Crippen LogP) is 2.78. The van der Waals surface area contributed by atoms with Crippen LogP contribution in [0, 0.1) is 6.92 Å². The summed E-state index contributed by atoms with van der Waals surface area (Å²) in [5.41, 5.74) is 2.13. The number of thioether (sulfide) groups is 1. The maximum atomic E-state index is 11.0. The van der Waals surface area contributed by atoms with Gasteiger partial charge in [0.25, 0.3) is 0 Å². The fourth-order valence-corrected chi connectivity index (χ4v) is 2.34. The number of carboxylic acids is 1. The van der Waals surface area contributed by atoms with Gasteiger partial charge in [-0.05, 0) is 30.2 Å². The van der Waals surface area contributed by atoms with E-state index >= 15 is 0 Å². The monoisotopic (exact) mass is 290 g/mol. The molecule has 0 spiro atoms. The number of ether oxygens (including phenoxy) is 1. The Morgan fingerprint density at radius 1 is 1.35 bits per heavy atom. The molecule has 0 saturated carbocycles. The van der Waals surface area contributed by atoms with Gasteiger partial charge in [-0.1, -0.05) is 17.8 Å². The van der Waals surface area contributed by atoms with Crippen molar-refractivity contribution >= 4 is 17.7 Å². The van der Waals surface area contributed by atoms with Crippen LogP contribution in [-0.4, -0.2) is 28.2 Å². The van der Waals surface area contributed by atoms with Gasteiger partial charge in [0.1, 0.15) is 11.3 Å². The molecule has 5 nitrogen and oxygen atoms in total. The Morgan fingerprint density at radius 3 is 2.65 bits per heavy atom. The first kappa shape index (κ1) is 14.3. The molecule has 104 valence electrons. The van der Waals surface area contributed by atoms with E-state index in [0.29, 0.717) is 16.7 Å². The van der Waals surface area contributed by atoms with Gasteiger partial charge < -0.3 is 9.84 Å². The van der Waals surface area contributed by atoms with Gasteiger partial charge in [0.2, 0.25) is 0 Å². The zero-order valence-electron chi connectivity index (χ0n) is 11.2. The Labute approximate surface area is 121 Å². The summed E-state index contributed by atoms with van der Waals surface area (Å²) in [6.07, 6.45) is 3.53. The van der Waals surface area contributed by atoms with Crippen LogP contribution in [-0.2, 0) is 5.75 Å². The number of rotatable bonds is 5. The Bertz CT molecular complexity index is 614. The second kappa shape index (κ2) is 6.38. The van der Waals surface area contributed by atoms with Crippen molar-refractivity contribution in [1.82, 2.24) is 9.97 Å². The number of carbonyl (C=O) groups is 1. The second-order valence-corrected chi connectivity index (χ2v) is 5.11. The lowest BCUT2D eigenvalue weighted by molar-refractivity contribution is 0.0693. The van der Waals surface area contributed by atoms with Gasteiger partial charge in [-0.2, -0.15) is 0 Å². The highest BCUT2D eigenvalue weighted by atomic mass is 32.2. The standard InChI is InChI=1S/C14H14N2O3S/c1-9-6-15-14(16-7-9)20-8-10-3-4-11(13(17)18)12(5-10)19-2/h3-7H,8H2,1-2H3,(H,17,18). The molecule has 0 aliphatic rings. The van der Waals surface area contributed by atoms with Crippen LogP contribution in [0.5, 0.6) is 5.75 Å². The van der Waals surface area contributed by atoms with Gasteiger partial charge in [-0.3, -0.25) is 0 Å². The lowest BCUT2D eigenvalue weighted by Gasteiger charge is -2.07. The molecule has 0 unspecified atom stereocenters. The van der Waals surface area contributed by atoms with E-state index in [1.807, 2.05) is 6.92 Å². The first-order valence-electron chi connectivity index (χ1n) is 5.92. The van der Waals surface area contributed by atoms with Gasteiger partial charge in [-0.25, -0.2) is 14.8 Å². The van der Waals surface area contributed by atoms with E-state index in [2.05, 4.69) is 9.97 Å². The van der Waals surface area contributed by atoms with Crippen LogP contribution in [0.15, 0.2) is 35.7 Å². The number of aryl methyl sites for hydroxylation is 1. The highest BCUT2D eigenvalue weighted by molar-refractivity contribution is 7.98. The van der Waals surface area contributed by atoms with Gasteiger partial charge in [0, 0.05) is 18.1 Å². The zero-order valence-corrected chi connectivity index (χ0v) is 12.0. The first-order chi connectivity index (χ1) is 9.60. The van der Waals surface area contributed by atoms with Crippen LogP contribution in [0.1, 0.15) is 21.5 Å². The second-order valence-electron chi connectivity index (χ2n) is 4.17. The molecule has 1 heterocycles. The summed E-state index contributed by atoms with van der Waals surface area (Å²) >= 11 is 1.49. The fraction of sp³-hybridized carbons (Fsp3) is 0.214. The zero-order chi connectivity index (χ0) is 14.5. The number of benzene rings is 1. The van der Waals surface area contributed by atoms with Crippen molar-refractivity contribution in [2.45, 2.75) is 17.8 Å². The van der Waals surface area contributed by atoms with E-state index in [1.54, 1.807) is 30.6 Å². The highest BCUT2D eigenvalue weighted by Crippen LogP contribution is 2.25. The van der Waals surface area contributed by atoms with Gasteiger partial charge in [0.05, 0.1) is 7.11 Å². The molecular weight excluding hydrogens is 276 g/mol. The van der Waals surface area contributed by atoms with Crippen LogP contribution in [0.4, 0.5) is 0 Å². The molecule has 0 aliphatic heterocycles. The lowest BCUT2D eigenvalue weighted by Crippen LogP contribution is -2.01. The van der Waals surface area contributed by atoms with Crippen molar-refractivity contribution in [2.24, 2.45) is 0 Å². The molecule has 1 N–H and O–H groups in total. The summed E-state index contributed by atoms with van der Waals surface area (Å²) in [5.74, 6) is 0.0163. The molecule has 6 heteroatoms. The van der Waals surface area contributed by atoms with Gasteiger partial charge in [0.15, 0.2) is 5.16 Å². The smallest absolute Gasteiger partial charge is 0.339 e. The van der Waals surface area contributed by atoms with E-state index in [-0.39, 0.29) is 5.56 Å². The van der Waals surface area contributed by atoms with E-state index in [9.17, 15) is 4.79 Å². The summed E-state index contributed by atoms with van der Waals surface area (Å²) in [5, 5.41) is 9.71. The molecular formula is C14H14N2O3S. The maximum absolute atomic E-state index is 11.0. The third-order valence-electron chi connectivity index (χ3n) is 2.62. The Hall–Kier alpha value is -2.08. The Kier molecular flexibility index (Phi) is 4.57. The van der Waals surface area contributed by atoms with Crippen molar-refractivity contribution < 1.29 is 14.6 Å². The van der Waals surface area contributed by atoms with E-state index in [1.165, 1.54) is 18.9 Å². The molecule has 0 aliphatic carbocycles. The Morgan fingerprint density at radius 2 is 2.05 bits per heavy atom. The molecule has 1 aromatic heterocycles. The summed E-state index contributed by atoms with van der Waals surface area (Å²) in [4.78, 5) is 19.4. The van der Waals surface area contributed by atoms with Crippen LogP contribution < -0.4 is 4.74 Å². The minimum atomic E-state index is -0.997. The minimum absolute atomic E-state index is 0.160. The molecule has 2 aromatic rings. The lowest BCUT2D eigenvalue weighted by atomic mass is 10.1. The van der Waals surface area contributed by atoms with Crippen LogP contribution in [0.2, 0.25) is 0 Å². The number of aromatic nitrogens is 2.